The predicted molar refractivity (Wildman–Crippen MR) is 151 cm³/mol. The molecule has 3 heterocycles. The maximum absolute atomic E-state index is 13.4. The molecule has 2 saturated heterocycles. The number of anilines is 1. The van der Waals surface area contributed by atoms with E-state index in [2.05, 4.69) is 15.1 Å². The van der Waals surface area contributed by atoms with E-state index in [1.165, 1.54) is 0 Å². The molecule has 210 valence electrons. The van der Waals surface area contributed by atoms with Gasteiger partial charge in [0.1, 0.15) is 18.0 Å². The fourth-order valence-electron chi connectivity index (χ4n) is 5.07. The minimum Gasteiger partial charge on any atom is -0.497 e. The second-order valence-corrected chi connectivity index (χ2v) is 9.93. The second-order valence-electron chi connectivity index (χ2n) is 9.93. The van der Waals surface area contributed by atoms with Crippen LogP contribution in [0.25, 0.3) is 11.3 Å². The van der Waals surface area contributed by atoms with Gasteiger partial charge in [-0.1, -0.05) is 18.2 Å². The van der Waals surface area contributed by atoms with Crippen LogP contribution in [0.5, 0.6) is 11.5 Å². The first-order valence-electron chi connectivity index (χ1n) is 13.6. The lowest BCUT2D eigenvalue weighted by atomic mass is 10.1. The Morgan fingerprint density at radius 2 is 1.70 bits per heavy atom. The van der Waals surface area contributed by atoms with E-state index in [-0.39, 0.29) is 24.5 Å². The molecule has 2 aromatic carbocycles. The fourth-order valence-corrected chi connectivity index (χ4v) is 5.07. The summed E-state index contributed by atoms with van der Waals surface area (Å²) >= 11 is 0. The average Bonchev–Trinajstić information content (AvgIpc) is 3.54. The average molecular weight is 546 g/mol. The van der Waals surface area contributed by atoms with Gasteiger partial charge in [0, 0.05) is 50.5 Å². The number of benzene rings is 2. The topological polar surface area (TPSA) is 97.3 Å². The van der Waals surface area contributed by atoms with Crippen LogP contribution in [-0.4, -0.2) is 98.0 Å². The molecule has 10 nitrogen and oxygen atoms in total. The summed E-state index contributed by atoms with van der Waals surface area (Å²) in [5.41, 5.74) is 2.19. The molecule has 0 aliphatic carbocycles. The Bertz CT molecular complexity index is 1300. The molecule has 2 amide bonds. The first kappa shape index (κ1) is 27.4. The molecule has 0 radical (unpaired) electrons. The van der Waals surface area contributed by atoms with Crippen molar-refractivity contribution in [2.45, 2.75) is 18.9 Å². The van der Waals surface area contributed by atoms with Gasteiger partial charge in [-0.2, -0.15) is 0 Å². The number of rotatable bonds is 9. The van der Waals surface area contributed by atoms with Gasteiger partial charge in [-0.15, -0.1) is 10.2 Å². The van der Waals surface area contributed by atoms with Gasteiger partial charge < -0.3 is 28.9 Å². The monoisotopic (exact) mass is 545 g/mol. The summed E-state index contributed by atoms with van der Waals surface area (Å²) in [6.45, 7) is 3.43. The number of methoxy groups -OCH3 is 2. The molecule has 1 unspecified atom stereocenters. The Morgan fingerprint density at radius 1 is 0.950 bits per heavy atom. The number of ether oxygens (including phenoxy) is 3. The quantitative estimate of drug-likeness (QED) is 0.405. The number of amides is 2. The van der Waals surface area contributed by atoms with Crippen LogP contribution >= 0.6 is 0 Å². The molecule has 5 rings (SSSR count). The Kier molecular flexibility index (Phi) is 8.75. The summed E-state index contributed by atoms with van der Waals surface area (Å²) in [5.74, 6) is 1.86. The number of piperazine rings is 1. The van der Waals surface area contributed by atoms with Crippen molar-refractivity contribution in [3.05, 3.63) is 66.2 Å². The third-order valence-electron chi connectivity index (χ3n) is 7.35. The van der Waals surface area contributed by atoms with E-state index in [9.17, 15) is 9.59 Å². The van der Waals surface area contributed by atoms with Crippen molar-refractivity contribution in [2.75, 3.05) is 65.0 Å². The summed E-state index contributed by atoms with van der Waals surface area (Å²) in [6.07, 6.45) is 1.79. The van der Waals surface area contributed by atoms with E-state index in [0.29, 0.717) is 50.6 Å². The molecule has 2 aliphatic rings. The first-order chi connectivity index (χ1) is 19.5. The SMILES string of the molecule is COc1cccc(C(=O)N(CC(=O)N2CCN(c3ccc(-c4cccc(OC)c4)nn3)CC2)CC2CCCO2)c1. The van der Waals surface area contributed by atoms with Gasteiger partial charge in [0.25, 0.3) is 5.91 Å². The third-order valence-corrected chi connectivity index (χ3v) is 7.35. The highest BCUT2D eigenvalue weighted by Crippen LogP contribution is 2.23. The number of hydrogen-bond donors (Lipinski definition) is 0. The Hall–Kier alpha value is -4.18. The minimum atomic E-state index is -0.201. The zero-order chi connectivity index (χ0) is 27.9. The summed E-state index contributed by atoms with van der Waals surface area (Å²) < 4.78 is 16.4. The minimum absolute atomic E-state index is 0.00490. The molecule has 0 saturated carbocycles. The zero-order valence-electron chi connectivity index (χ0n) is 23.0. The van der Waals surface area contributed by atoms with Crippen LogP contribution in [0.1, 0.15) is 23.2 Å². The third kappa shape index (κ3) is 6.51. The van der Waals surface area contributed by atoms with Gasteiger partial charge in [0.05, 0.1) is 26.0 Å². The van der Waals surface area contributed by atoms with Gasteiger partial charge in [-0.25, -0.2) is 0 Å². The highest BCUT2D eigenvalue weighted by atomic mass is 16.5. The van der Waals surface area contributed by atoms with E-state index >= 15 is 0 Å². The van der Waals surface area contributed by atoms with Gasteiger partial charge in [-0.05, 0) is 55.3 Å². The van der Waals surface area contributed by atoms with Gasteiger partial charge in [0.15, 0.2) is 5.82 Å². The molecule has 0 bridgehead atoms. The van der Waals surface area contributed by atoms with Crippen LogP contribution < -0.4 is 14.4 Å². The summed E-state index contributed by atoms with van der Waals surface area (Å²) in [7, 11) is 3.20. The highest BCUT2D eigenvalue weighted by molar-refractivity contribution is 5.97. The van der Waals surface area contributed by atoms with Crippen LogP contribution in [-0.2, 0) is 9.53 Å². The Morgan fingerprint density at radius 3 is 2.38 bits per heavy atom. The number of hydrogen-bond acceptors (Lipinski definition) is 8. The van der Waals surface area contributed by atoms with Crippen molar-refractivity contribution >= 4 is 17.6 Å². The molecular weight excluding hydrogens is 510 g/mol. The number of carbonyl (C=O) groups excluding carboxylic acids is 2. The van der Waals surface area contributed by atoms with Crippen LogP contribution in [0.15, 0.2) is 60.7 Å². The van der Waals surface area contributed by atoms with Crippen molar-refractivity contribution in [1.82, 2.24) is 20.0 Å². The summed E-state index contributed by atoms with van der Waals surface area (Å²) in [5, 5.41) is 8.85. The lowest BCUT2D eigenvalue weighted by Gasteiger charge is -2.36. The Balaban J connectivity index is 1.20. The largest absolute Gasteiger partial charge is 0.497 e. The number of aromatic nitrogens is 2. The summed E-state index contributed by atoms with van der Waals surface area (Å²) in [6, 6.07) is 18.6. The van der Waals surface area contributed by atoms with E-state index in [1.54, 1.807) is 43.4 Å². The molecule has 0 N–H and O–H groups in total. The first-order valence-corrected chi connectivity index (χ1v) is 13.6. The summed E-state index contributed by atoms with van der Waals surface area (Å²) in [4.78, 5) is 32.3. The van der Waals surface area contributed by atoms with Crippen molar-refractivity contribution < 1.29 is 23.8 Å². The second kappa shape index (κ2) is 12.8. The van der Waals surface area contributed by atoms with Crippen LogP contribution in [0.2, 0.25) is 0 Å². The molecule has 2 aliphatic heterocycles. The fraction of sp³-hybridized carbons (Fsp3) is 0.400. The van der Waals surface area contributed by atoms with Gasteiger partial charge in [0.2, 0.25) is 5.91 Å². The molecule has 1 atom stereocenters. The van der Waals surface area contributed by atoms with E-state index in [1.807, 2.05) is 41.3 Å². The molecule has 2 fully saturated rings. The lowest BCUT2D eigenvalue weighted by molar-refractivity contribution is -0.132. The van der Waals surface area contributed by atoms with Crippen molar-refractivity contribution in [3.63, 3.8) is 0 Å². The van der Waals surface area contributed by atoms with E-state index in [4.69, 9.17) is 14.2 Å². The maximum Gasteiger partial charge on any atom is 0.254 e. The molecule has 10 heteroatoms. The highest BCUT2D eigenvalue weighted by Gasteiger charge is 2.29. The lowest BCUT2D eigenvalue weighted by Crippen LogP contribution is -2.52. The normalized spacial score (nSPS) is 17.0. The molecule has 1 aromatic heterocycles. The molecule has 40 heavy (non-hydrogen) atoms. The molecule has 0 spiro atoms. The molecule has 3 aromatic rings. The van der Waals surface area contributed by atoms with Crippen LogP contribution in [0, 0.1) is 0 Å². The Labute approximate surface area is 234 Å². The van der Waals surface area contributed by atoms with Crippen molar-refractivity contribution in [3.8, 4) is 22.8 Å². The number of nitrogens with zero attached hydrogens (tertiary/aromatic N) is 5. The van der Waals surface area contributed by atoms with Gasteiger partial charge >= 0.3 is 0 Å². The predicted octanol–water partition coefficient (Wildman–Crippen LogP) is 3.13. The van der Waals surface area contributed by atoms with Crippen LogP contribution in [0.4, 0.5) is 5.82 Å². The van der Waals surface area contributed by atoms with E-state index < -0.39 is 0 Å². The molecular formula is C30H35N5O5. The van der Waals surface area contributed by atoms with Crippen molar-refractivity contribution in [2.24, 2.45) is 0 Å². The number of carbonyl (C=O) groups is 2. The van der Waals surface area contributed by atoms with Crippen molar-refractivity contribution in [1.29, 1.82) is 0 Å². The standard InChI is InChI=1S/C30H35N5O5/c1-38-24-8-3-6-22(18-24)27-11-12-28(32-31-27)33-13-15-34(16-14-33)29(36)21-35(20-26-10-5-17-40-26)30(37)23-7-4-9-25(19-23)39-2/h3-4,6-9,11-12,18-19,26H,5,10,13-17,20-21H2,1-2H3. The maximum atomic E-state index is 13.4. The van der Waals surface area contributed by atoms with Crippen LogP contribution in [0.3, 0.4) is 0 Å². The van der Waals surface area contributed by atoms with E-state index in [0.717, 1.165) is 35.7 Å². The smallest absolute Gasteiger partial charge is 0.254 e. The van der Waals surface area contributed by atoms with Gasteiger partial charge in [-0.3, -0.25) is 9.59 Å². The zero-order valence-corrected chi connectivity index (χ0v) is 23.0.